The van der Waals surface area contributed by atoms with Crippen LogP contribution in [0.5, 0.6) is 0 Å². The predicted octanol–water partition coefficient (Wildman–Crippen LogP) is 3.08. The van der Waals surface area contributed by atoms with E-state index >= 15 is 0 Å². The van der Waals surface area contributed by atoms with Gasteiger partial charge in [0.15, 0.2) is 5.82 Å². The molecule has 6 heteroatoms. The van der Waals surface area contributed by atoms with Gasteiger partial charge in [-0.05, 0) is 49.5 Å². The summed E-state index contributed by atoms with van der Waals surface area (Å²) in [5.74, 6) is 1.53. The molecule has 2 fully saturated rings. The van der Waals surface area contributed by atoms with E-state index in [-0.39, 0.29) is 5.54 Å². The Morgan fingerprint density at radius 1 is 1.08 bits per heavy atom. The second-order valence-corrected chi connectivity index (χ2v) is 8.81. The maximum absolute atomic E-state index is 4.47. The molecule has 0 spiro atoms. The predicted molar refractivity (Wildman–Crippen MR) is 100 cm³/mol. The summed E-state index contributed by atoms with van der Waals surface area (Å²) in [6.45, 7) is 15.9. The Kier molecular flexibility index (Phi) is 5.78. The van der Waals surface area contributed by atoms with E-state index in [1.165, 1.54) is 38.8 Å². The summed E-state index contributed by atoms with van der Waals surface area (Å²) >= 11 is 0. The van der Waals surface area contributed by atoms with Crippen molar-refractivity contribution in [3.05, 3.63) is 5.82 Å². The molecule has 25 heavy (non-hydrogen) atoms. The van der Waals surface area contributed by atoms with Crippen molar-refractivity contribution in [2.24, 2.45) is 5.92 Å². The monoisotopic (exact) mass is 348 g/mol. The van der Waals surface area contributed by atoms with Crippen molar-refractivity contribution in [3.63, 3.8) is 0 Å². The summed E-state index contributed by atoms with van der Waals surface area (Å²) in [5, 5.41) is 12.9. The minimum absolute atomic E-state index is 0.0440. The maximum Gasteiger partial charge on any atom is 0.169 e. The molecule has 0 amide bonds. The summed E-state index contributed by atoms with van der Waals surface area (Å²) in [7, 11) is 0. The van der Waals surface area contributed by atoms with Gasteiger partial charge in [-0.25, -0.2) is 4.68 Å². The van der Waals surface area contributed by atoms with Crippen LogP contribution in [-0.2, 0) is 5.54 Å². The summed E-state index contributed by atoms with van der Waals surface area (Å²) in [4.78, 5) is 5.34. The van der Waals surface area contributed by atoms with Gasteiger partial charge in [-0.15, -0.1) is 5.10 Å². The molecule has 1 aromatic rings. The Morgan fingerprint density at radius 2 is 1.72 bits per heavy atom. The van der Waals surface area contributed by atoms with Crippen LogP contribution in [0.2, 0.25) is 0 Å². The van der Waals surface area contributed by atoms with Gasteiger partial charge in [-0.3, -0.25) is 9.80 Å². The van der Waals surface area contributed by atoms with Crippen molar-refractivity contribution in [1.82, 2.24) is 30.0 Å². The van der Waals surface area contributed by atoms with Gasteiger partial charge in [0.2, 0.25) is 0 Å². The van der Waals surface area contributed by atoms with Crippen LogP contribution in [0.1, 0.15) is 78.6 Å². The molecule has 1 unspecified atom stereocenters. The van der Waals surface area contributed by atoms with Crippen molar-refractivity contribution in [3.8, 4) is 0 Å². The fourth-order valence-corrected chi connectivity index (χ4v) is 4.49. The molecule has 0 bridgehead atoms. The number of hydrogen-bond donors (Lipinski definition) is 0. The quantitative estimate of drug-likeness (QED) is 0.791. The first-order valence-corrected chi connectivity index (χ1v) is 10.2. The normalized spacial score (nSPS) is 22.8. The van der Waals surface area contributed by atoms with Gasteiger partial charge < -0.3 is 0 Å². The van der Waals surface area contributed by atoms with Gasteiger partial charge in [0, 0.05) is 32.2 Å². The van der Waals surface area contributed by atoms with Gasteiger partial charge in [-0.1, -0.05) is 33.6 Å². The van der Waals surface area contributed by atoms with Gasteiger partial charge >= 0.3 is 0 Å². The highest BCUT2D eigenvalue weighted by molar-refractivity contribution is 5.00. The van der Waals surface area contributed by atoms with Crippen LogP contribution in [-0.4, -0.2) is 62.2 Å². The zero-order valence-corrected chi connectivity index (χ0v) is 16.8. The molecule has 2 aliphatic rings. The lowest BCUT2D eigenvalue weighted by Crippen LogP contribution is -2.52. The molecule has 1 saturated heterocycles. The molecule has 2 heterocycles. The van der Waals surface area contributed by atoms with Gasteiger partial charge in [0.1, 0.15) is 0 Å². The third-order valence-electron chi connectivity index (χ3n) is 6.41. The largest absolute Gasteiger partial charge is 0.298 e. The third-order valence-corrected chi connectivity index (χ3v) is 6.41. The van der Waals surface area contributed by atoms with Gasteiger partial charge in [0.05, 0.1) is 11.6 Å². The van der Waals surface area contributed by atoms with Crippen LogP contribution >= 0.6 is 0 Å². The lowest BCUT2D eigenvalue weighted by Gasteiger charge is -2.42. The van der Waals surface area contributed by atoms with E-state index in [4.69, 9.17) is 0 Å². The third kappa shape index (κ3) is 3.90. The Morgan fingerprint density at radius 3 is 2.28 bits per heavy atom. The van der Waals surface area contributed by atoms with Gasteiger partial charge in [-0.2, -0.15) is 0 Å². The summed E-state index contributed by atoms with van der Waals surface area (Å²) in [6, 6.07) is 1.13. The van der Waals surface area contributed by atoms with Gasteiger partial charge in [0.25, 0.3) is 0 Å². The molecule has 1 atom stereocenters. The van der Waals surface area contributed by atoms with E-state index in [1.807, 2.05) is 0 Å². The molecule has 142 valence electrons. The molecular weight excluding hydrogens is 312 g/mol. The zero-order chi connectivity index (χ0) is 18.0. The number of rotatable bonds is 6. The molecule has 3 rings (SSSR count). The topological polar surface area (TPSA) is 50.1 Å². The van der Waals surface area contributed by atoms with E-state index in [2.05, 4.69) is 64.6 Å². The van der Waals surface area contributed by atoms with E-state index in [0.29, 0.717) is 12.0 Å². The van der Waals surface area contributed by atoms with Crippen molar-refractivity contribution >= 4 is 0 Å². The molecule has 0 N–H and O–H groups in total. The van der Waals surface area contributed by atoms with E-state index in [0.717, 1.165) is 31.4 Å². The highest BCUT2D eigenvalue weighted by atomic mass is 15.6. The van der Waals surface area contributed by atoms with E-state index in [9.17, 15) is 0 Å². The van der Waals surface area contributed by atoms with Crippen LogP contribution in [0.4, 0.5) is 0 Å². The first-order chi connectivity index (χ1) is 11.9. The van der Waals surface area contributed by atoms with Crippen molar-refractivity contribution in [2.45, 2.75) is 84.3 Å². The molecule has 1 saturated carbocycles. The smallest absolute Gasteiger partial charge is 0.169 e. The minimum atomic E-state index is -0.0440. The van der Waals surface area contributed by atoms with Crippen molar-refractivity contribution in [2.75, 3.05) is 26.2 Å². The number of tetrazole rings is 1. The molecule has 6 nitrogen and oxygen atoms in total. The molecular formula is C19H36N6. The lowest BCUT2D eigenvalue weighted by molar-refractivity contribution is 0.0476. The Labute approximate surface area is 152 Å². The molecule has 0 aromatic carbocycles. The molecule has 1 aliphatic heterocycles. The van der Waals surface area contributed by atoms with Crippen LogP contribution in [0, 0.1) is 5.92 Å². The van der Waals surface area contributed by atoms with Crippen LogP contribution < -0.4 is 0 Å². The lowest BCUT2D eigenvalue weighted by atomic mass is 9.97. The zero-order valence-electron chi connectivity index (χ0n) is 16.8. The fourth-order valence-electron chi connectivity index (χ4n) is 4.49. The minimum Gasteiger partial charge on any atom is -0.298 e. The second-order valence-electron chi connectivity index (χ2n) is 8.81. The second kappa shape index (κ2) is 7.70. The Hall–Kier alpha value is -1.01. The fraction of sp³-hybridized carbons (Fsp3) is 0.947. The number of aromatic nitrogens is 4. The number of hydrogen-bond acceptors (Lipinski definition) is 5. The molecule has 1 aliphatic carbocycles. The van der Waals surface area contributed by atoms with Crippen LogP contribution in [0.3, 0.4) is 0 Å². The standard InChI is InChI=1S/C19H36N6/c1-6-19(4,5)25-18(20-21-22-25)17(15(2)3)24-13-11-23(12-14-24)16-9-7-8-10-16/h15-17H,6-14H2,1-5H3. The Bertz CT molecular complexity index is 538. The summed E-state index contributed by atoms with van der Waals surface area (Å²) < 4.78 is 2.07. The Balaban J connectivity index is 1.74. The van der Waals surface area contributed by atoms with E-state index < -0.39 is 0 Å². The molecule has 0 radical (unpaired) electrons. The van der Waals surface area contributed by atoms with Crippen molar-refractivity contribution < 1.29 is 0 Å². The van der Waals surface area contributed by atoms with E-state index in [1.54, 1.807) is 0 Å². The highest BCUT2D eigenvalue weighted by Gasteiger charge is 2.35. The first-order valence-electron chi connectivity index (χ1n) is 10.2. The van der Waals surface area contributed by atoms with Crippen LogP contribution in [0.15, 0.2) is 0 Å². The van der Waals surface area contributed by atoms with Crippen molar-refractivity contribution in [1.29, 1.82) is 0 Å². The summed E-state index contributed by atoms with van der Waals surface area (Å²) in [5.41, 5.74) is -0.0440. The first kappa shape index (κ1) is 18.8. The average molecular weight is 349 g/mol. The maximum atomic E-state index is 4.47. The highest BCUT2D eigenvalue weighted by Crippen LogP contribution is 2.32. The SMILES string of the molecule is CCC(C)(C)n1nnnc1C(C(C)C)N1CCN(C2CCCC2)CC1. The van der Waals surface area contributed by atoms with Crippen LogP contribution in [0.25, 0.3) is 0 Å². The molecule has 1 aromatic heterocycles. The summed E-state index contributed by atoms with van der Waals surface area (Å²) in [6.07, 6.45) is 6.65. The number of nitrogens with zero attached hydrogens (tertiary/aromatic N) is 6. The average Bonchev–Trinajstić information content (AvgIpc) is 3.27. The number of piperazine rings is 1.